The zero-order valence-electron chi connectivity index (χ0n) is 11.8. The Labute approximate surface area is 122 Å². The molecule has 0 saturated heterocycles. The molecular weight excluding hydrogens is 270 g/mol. The highest BCUT2D eigenvalue weighted by Crippen LogP contribution is 2.35. The fourth-order valence-corrected chi connectivity index (χ4v) is 1.88. The number of hydrogen-bond donors (Lipinski definition) is 1. The molecule has 0 amide bonds. The van der Waals surface area contributed by atoms with Crippen molar-refractivity contribution in [1.29, 1.82) is 0 Å². The normalized spacial score (nSPS) is 10.1. The van der Waals surface area contributed by atoms with Crippen LogP contribution in [0.4, 0.5) is 11.4 Å². The molecule has 6 nitrogen and oxygen atoms in total. The van der Waals surface area contributed by atoms with Crippen molar-refractivity contribution in [1.82, 2.24) is 4.98 Å². The number of ether oxygens (including phenoxy) is 1. The molecule has 1 heterocycles. The largest absolute Gasteiger partial charge is 0.487 e. The van der Waals surface area contributed by atoms with E-state index < -0.39 is 4.92 Å². The zero-order chi connectivity index (χ0) is 15.1. The second kappa shape index (κ2) is 7.23. The van der Waals surface area contributed by atoms with Crippen LogP contribution in [0.15, 0.2) is 42.7 Å². The van der Waals surface area contributed by atoms with Crippen LogP contribution < -0.4 is 10.1 Å². The summed E-state index contributed by atoms with van der Waals surface area (Å²) in [5, 5.41) is 14.4. The summed E-state index contributed by atoms with van der Waals surface area (Å²) in [6.07, 6.45) is 4.20. The van der Waals surface area contributed by atoms with Crippen molar-refractivity contribution in [2.75, 3.05) is 11.9 Å². The number of nitro groups is 1. The summed E-state index contributed by atoms with van der Waals surface area (Å²) >= 11 is 0. The highest BCUT2D eigenvalue weighted by atomic mass is 16.6. The number of nitrogens with one attached hydrogen (secondary N) is 1. The monoisotopic (exact) mass is 287 g/mol. The minimum absolute atomic E-state index is 0.0326. The molecule has 0 saturated carbocycles. The van der Waals surface area contributed by atoms with Gasteiger partial charge in [0, 0.05) is 18.9 Å². The van der Waals surface area contributed by atoms with Gasteiger partial charge in [-0.3, -0.25) is 15.1 Å². The highest BCUT2D eigenvalue weighted by molar-refractivity contribution is 5.68. The SMILES string of the molecule is CCCOc1cccc(NCc2cccnc2)c1[N+](=O)[O-]. The summed E-state index contributed by atoms with van der Waals surface area (Å²) in [4.78, 5) is 14.9. The quantitative estimate of drug-likeness (QED) is 0.624. The van der Waals surface area contributed by atoms with Crippen LogP contribution in [0.25, 0.3) is 0 Å². The maximum atomic E-state index is 11.3. The topological polar surface area (TPSA) is 77.3 Å². The van der Waals surface area contributed by atoms with Gasteiger partial charge in [-0.15, -0.1) is 0 Å². The fraction of sp³-hybridized carbons (Fsp3) is 0.267. The number of hydrogen-bond acceptors (Lipinski definition) is 5. The van der Waals surface area contributed by atoms with Crippen molar-refractivity contribution < 1.29 is 9.66 Å². The van der Waals surface area contributed by atoms with Gasteiger partial charge in [-0.2, -0.15) is 0 Å². The number of benzene rings is 1. The Morgan fingerprint density at radius 1 is 1.33 bits per heavy atom. The van der Waals surface area contributed by atoms with E-state index in [0.29, 0.717) is 18.8 Å². The Morgan fingerprint density at radius 2 is 2.19 bits per heavy atom. The smallest absolute Gasteiger partial charge is 0.333 e. The maximum absolute atomic E-state index is 11.3. The van der Waals surface area contributed by atoms with Gasteiger partial charge in [0.2, 0.25) is 0 Å². The van der Waals surface area contributed by atoms with E-state index in [4.69, 9.17) is 4.74 Å². The number of anilines is 1. The van der Waals surface area contributed by atoms with E-state index in [9.17, 15) is 10.1 Å². The molecule has 2 aromatic rings. The summed E-state index contributed by atoms with van der Waals surface area (Å²) in [7, 11) is 0. The van der Waals surface area contributed by atoms with Crippen molar-refractivity contribution in [3.63, 3.8) is 0 Å². The van der Waals surface area contributed by atoms with Gasteiger partial charge in [0.1, 0.15) is 5.69 Å². The lowest BCUT2D eigenvalue weighted by Crippen LogP contribution is -2.05. The Kier molecular flexibility index (Phi) is 5.09. The Balaban J connectivity index is 2.20. The Bertz CT molecular complexity index is 602. The number of nitrogens with zero attached hydrogens (tertiary/aromatic N) is 2. The summed E-state index contributed by atoms with van der Waals surface area (Å²) in [5.74, 6) is 0.290. The molecule has 0 aliphatic heterocycles. The van der Waals surface area contributed by atoms with Crippen LogP contribution >= 0.6 is 0 Å². The summed E-state index contributed by atoms with van der Waals surface area (Å²) in [6, 6.07) is 8.76. The van der Waals surface area contributed by atoms with E-state index in [2.05, 4.69) is 10.3 Å². The number of rotatable bonds is 7. The molecule has 0 unspecified atom stereocenters. The molecule has 2 rings (SSSR count). The van der Waals surface area contributed by atoms with Crippen LogP contribution in [0.3, 0.4) is 0 Å². The number of aromatic nitrogens is 1. The van der Waals surface area contributed by atoms with E-state index in [1.54, 1.807) is 30.6 Å². The standard InChI is InChI=1S/C15H17N3O3/c1-2-9-21-14-7-3-6-13(15(14)18(19)20)17-11-12-5-4-8-16-10-12/h3-8,10,17H,2,9,11H2,1H3. The van der Waals surface area contributed by atoms with Gasteiger partial charge in [-0.1, -0.05) is 19.1 Å². The predicted octanol–water partition coefficient (Wildman–Crippen LogP) is 3.39. The Morgan fingerprint density at radius 3 is 2.86 bits per heavy atom. The molecule has 110 valence electrons. The van der Waals surface area contributed by atoms with Crippen LogP contribution in [0.1, 0.15) is 18.9 Å². The van der Waals surface area contributed by atoms with E-state index >= 15 is 0 Å². The first-order valence-electron chi connectivity index (χ1n) is 6.75. The molecule has 0 aliphatic carbocycles. The van der Waals surface area contributed by atoms with Crippen LogP contribution in [-0.4, -0.2) is 16.5 Å². The maximum Gasteiger partial charge on any atom is 0.333 e. The number of nitro benzene ring substituents is 1. The molecule has 0 bridgehead atoms. The summed E-state index contributed by atoms with van der Waals surface area (Å²) in [5.41, 5.74) is 1.36. The molecule has 21 heavy (non-hydrogen) atoms. The summed E-state index contributed by atoms with van der Waals surface area (Å²) in [6.45, 7) is 2.87. The van der Waals surface area contributed by atoms with Gasteiger partial charge in [0.05, 0.1) is 11.5 Å². The first-order chi connectivity index (χ1) is 10.2. The van der Waals surface area contributed by atoms with E-state index in [0.717, 1.165) is 12.0 Å². The molecule has 0 radical (unpaired) electrons. The van der Waals surface area contributed by atoms with Crippen LogP contribution in [0, 0.1) is 10.1 Å². The van der Waals surface area contributed by atoms with E-state index in [1.807, 2.05) is 19.1 Å². The van der Waals surface area contributed by atoms with Crippen LogP contribution in [0.2, 0.25) is 0 Å². The predicted molar refractivity (Wildman–Crippen MR) is 80.4 cm³/mol. The average molecular weight is 287 g/mol. The third kappa shape index (κ3) is 3.92. The van der Waals surface area contributed by atoms with Gasteiger partial charge < -0.3 is 10.1 Å². The molecule has 0 atom stereocenters. The first-order valence-corrected chi connectivity index (χ1v) is 6.75. The molecule has 0 fully saturated rings. The van der Waals surface area contributed by atoms with Crippen molar-refractivity contribution in [2.24, 2.45) is 0 Å². The average Bonchev–Trinajstić information content (AvgIpc) is 2.51. The van der Waals surface area contributed by atoms with Gasteiger partial charge in [-0.25, -0.2) is 0 Å². The number of para-hydroxylation sites is 1. The van der Waals surface area contributed by atoms with Crippen molar-refractivity contribution in [2.45, 2.75) is 19.9 Å². The van der Waals surface area contributed by atoms with Gasteiger partial charge in [0.15, 0.2) is 5.75 Å². The van der Waals surface area contributed by atoms with E-state index in [1.165, 1.54) is 0 Å². The lowest BCUT2D eigenvalue weighted by Gasteiger charge is -2.10. The second-order valence-electron chi connectivity index (χ2n) is 4.47. The van der Waals surface area contributed by atoms with Crippen LogP contribution in [0.5, 0.6) is 5.75 Å². The second-order valence-corrected chi connectivity index (χ2v) is 4.47. The van der Waals surface area contributed by atoms with Gasteiger partial charge >= 0.3 is 5.69 Å². The summed E-state index contributed by atoms with van der Waals surface area (Å²) < 4.78 is 5.45. The van der Waals surface area contributed by atoms with E-state index in [-0.39, 0.29) is 11.4 Å². The molecule has 6 heteroatoms. The lowest BCUT2D eigenvalue weighted by atomic mass is 10.2. The molecular formula is C15H17N3O3. The van der Waals surface area contributed by atoms with Crippen LogP contribution in [-0.2, 0) is 6.54 Å². The lowest BCUT2D eigenvalue weighted by molar-refractivity contribution is -0.385. The first kappa shape index (κ1) is 14.8. The Hall–Kier alpha value is -2.63. The van der Waals surface area contributed by atoms with Crippen molar-refractivity contribution in [3.05, 3.63) is 58.4 Å². The van der Waals surface area contributed by atoms with Gasteiger partial charge in [0.25, 0.3) is 0 Å². The molecule has 1 N–H and O–H groups in total. The molecule has 0 aliphatic rings. The molecule has 0 spiro atoms. The minimum Gasteiger partial charge on any atom is -0.487 e. The van der Waals surface area contributed by atoms with Gasteiger partial charge in [-0.05, 0) is 30.2 Å². The van der Waals surface area contributed by atoms with Crippen molar-refractivity contribution >= 4 is 11.4 Å². The highest BCUT2D eigenvalue weighted by Gasteiger charge is 2.20. The third-order valence-corrected chi connectivity index (χ3v) is 2.85. The number of pyridine rings is 1. The molecule has 1 aromatic heterocycles. The minimum atomic E-state index is -0.420. The fourth-order valence-electron chi connectivity index (χ4n) is 1.88. The zero-order valence-corrected chi connectivity index (χ0v) is 11.8. The van der Waals surface area contributed by atoms with Crippen molar-refractivity contribution in [3.8, 4) is 5.75 Å². The molecule has 1 aromatic carbocycles. The third-order valence-electron chi connectivity index (χ3n) is 2.85.